The van der Waals surface area contributed by atoms with Crippen LogP contribution in [0, 0.1) is 5.92 Å². The highest BCUT2D eigenvalue weighted by atomic mass is 35.5. The zero-order valence-corrected chi connectivity index (χ0v) is 11.5. The van der Waals surface area contributed by atoms with Crippen LogP contribution in [0.15, 0.2) is 24.3 Å². The number of carbonyl (C=O) groups excluding carboxylic acids is 3. The van der Waals surface area contributed by atoms with Gasteiger partial charge in [0.25, 0.3) is 0 Å². The summed E-state index contributed by atoms with van der Waals surface area (Å²) in [5.74, 6) is -1.32. The van der Waals surface area contributed by atoms with Crippen LogP contribution in [0.1, 0.15) is 13.3 Å². The summed E-state index contributed by atoms with van der Waals surface area (Å²) in [7, 11) is 0. The fourth-order valence-corrected chi connectivity index (χ4v) is 2.12. The van der Waals surface area contributed by atoms with Gasteiger partial charge in [-0.1, -0.05) is 11.6 Å². The van der Waals surface area contributed by atoms with E-state index in [2.05, 4.69) is 16.0 Å². The van der Waals surface area contributed by atoms with Gasteiger partial charge in [-0.3, -0.25) is 14.9 Å². The lowest BCUT2D eigenvalue weighted by molar-refractivity contribution is -0.129. The molecular weight excluding hydrogens is 282 g/mol. The van der Waals surface area contributed by atoms with E-state index in [9.17, 15) is 14.4 Å². The van der Waals surface area contributed by atoms with Gasteiger partial charge in [-0.2, -0.15) is 0 Å². The molecule has 0 aromatic heterocycles. The third kappa shape index (κ3) is 3.48. The second-order valence-electron chi connectivity index (χ2n) is 4.62. The topological polar surface area (TPSA) is 87.3 Å². The Morgan fingerprint density at radius 2 is 1.95 bits per heavy atom. The van der Waals surface area contributed by atoms with E-state index in [1.165, 1.54) is 0 Å². The van der Waals surface area contributed by atoms with E-state index in [-0.39, 0.29) is 18.4 Å². The van der Waals surface area contributed by atoms with Gasteiger partial charge < -0.3 is 10.6 Å². The van der Waals surface area contributed by atoms with E-state index >= 15 is 0 Å². The van der Waals surface area contributed by atoms with Crippen LogP contribution in [-0.2, 0) is 9.59 Å². The van der Waals surface area contributed by atoms with Crippen molar-refractivity contribution < 1.29 is 14.4 Å². The van der Waals surface area contributed by atoms with E-state index in [1.54, 1.807) is 31.2 Å². The molecule has 1 fully saturated rings. The zero-order valence-electron chi connectivity index (χ0n) is 10.8. The Kier molecular flexibility index (Phi) is 4.24. The Morgan fingerprint density at radius 3 is 2.55 bits per heavy atom. The molecule has 1 saturated heterocycles. The molecule has 0 aliphatic carbocycles. The number of carbonyl (C=O) groups is 3. The van der Waals surface area contributed by atoms with Crippen LogP contribution in [-0.4, -0.2) is 23.9 Å². The number of amides is 4. The summed E-state index contributed by atoms with van der Waals surface area (Å²) < 4.78 is 0. The molecule has 106 valence electrons. The number of halogens is 1. The van der Waals surface area contributed by atoms with Gasteiger partial charge in [0, 0.05) is 23.2 Å². The minimum atomic E-state index is -0.583. The lowest BCUT2D eigenvalue weighted by Gasteiger charge is -2.28. The fraction of sp³-hybridized carbons (Fsp3) is 0.308. The molecule has 1 aromatic carbocycles. The second-order valence-corrected chi connectivity index (χ2v) is 5.05. The van der Waals surface area contributed by atoms with Crippen LogP contribution in [0.4, 0.5) is 10.5 Å². The van der Waals surface area contributed by atoms with Crippen LogP contribution >= 0.6 is 11.6 Å². The molecule has 3 N–H and O–H groups in total. The quantitative estimate of drug-likeness (QED) is 0.790. The molecule has 4 amide bonds. The van der Waals surface area contributed by atoms with Gasteiger partial charge in [-0.15, -0.1) is 0 Å². The first-order valence-electron chi connectivity index (χ1n) is 6.12. The highest BCUT2D eigenvalue weighted by Gasteiger charge is 2.33. The monoisotopic (exact) mass is 295 g/mol. The fourth-order valence-electron chi connectivity index (χ4n) is 1.99. The lowest BCUT2D eigenvalue weighted by Crippen LogP contribution is -2.57. The SMILES string of the molecule is CC1NC(=O)NC(=O)C1CC(=O)Nc1ccc(Cl)cc1. The smallest absolute Gasteiger partial charge is 0.321 e. The first-order chi connectivity index (χ1) is 9.45. The van der Waals surface area contributed by atoms with Gasteiger partial charge in [-0.25, -0.2) is 4.79 Å². The molecule has 0 bridgehead atoms. The van der Waals surface area contributed by atoms with Crippen molar-refractivity contribution >= 4 is 35.1 Å². The second kappa shape index (κ2) is 5.92. The van der Waals surface area contributed by atoms with Crippen molar-refractivity contribution in [2.24, 2.45) is 5.92 Å². The molecule has 1 aliphatic heterocycles. The number of urea groups is 1. The molecule has 1 aromatic rings. The number of nitrogens with one attached hydrogen (secondary N) is 3. The van der Waals surface area contributed by atoms with Crippen LogP contribution in [0.25, 0.3) is 0 Å². The van der Waals surface area contributed by atoms with E-state index in [0.29, 0.717) is 10.7 Å². The lowest BCUT2D eigenvalue weighted by atomic mass is 9.94. The molecule has 0 saturated carbocycles. The maximum atomic E-state index is 11.9. The Balaban J connectivity index is 1.95. The van der Waals surface area contributed by atoms with Crippen LogP contribution in [0.2, 0.25) is 5.02 Å². The van der Waals surface area contributed by atoms with Crippen molar-refractivity contribution in [1.82, 2.24) is 10.6 Å². The molecule has 2 atom stereocenters. The van der Waals surface area contributed by atoms with E-state index in [4.69, 9.17) is 11.6 Å². The average Bonchev–Trinajstić information content (AvgIpc) is 2.36. The molecule has 20 heavy (non-hydrogen) atoms. The van der Waals surface area contributed by atoms with Gasteiger partial charge >= 0.3 is 6.03 Å². The van der Waals surface area contributed by atoms with Crippen molar-refractivity contribution in [2.45, 2.75) is 19.4 Å². The number of hydrogen-bond acceptors (Lipinski definition) is 3. The van der Waals surface area contributed by atoms with Gasteiger partial charge in [0.2, 0.25) is 11.8 Å². The van der Waals surface area contributed by atoms with Crippen LogP contribution in [0.5, 0.6) is 0 Å². The number of rotatable bonds is 3. The first kappa shape index (κ1) is 14.3. The third-order valence-electron chi connectivity index (χ3n) is 3.07. The van der Waals surface area contributed by atoms with Crippen molar-refractivity contribution in [3.05, 3.63) is 29.3 Å². The standard InChI is InChI=1S/C13H14ClN3O3/c1-7-10(12(19)17-13(20)15-7)6-11(18)16-9-4-2-8(14)3-5-9/h2-5,7,10H,6H2,1H3,(H,16,18)(H2,15,17,19,20). The molecular formula is C13H14ClN3O3. The van der Waals surface area contributed by atoms with Gasteiger partial charge in [0.05, 0.1) is 5.92 Å². The average molecular weight is 296 g/mol. The van der Waals surface area contributed by atoms with Crippen LogP contribution < -0.4 is 16.0 Å². The Bertz CT molecular complexity index is 544. The summed E-state index contributed by atoms with van der Waals surface area (Å²) in [4.78, 5) is 34.7. The van der Waals surface area contributed by atoms with Gasteiger partial charge in [-0.05, 0) is 31.2 Å². The number of anilines is 1. The van der Waals surface area contributed by atoms with E-state index < -0.39 is 17.9 Å². The summed E-state index contributed by atoms with van der Waals surface area (Å²) in [6, 6.07) is 5.75. The molecule has 7 heteroatoms. The molecule has 2 unspecified atom stereocenters. The largest absolute Gasteiger partial charge is 0.335 e. The normalized spacial score (nSPS) is 21.9. The first-order valence-corrected chi connectivity index (χ1v) is 6.50. The Morgan fingerprint density at radius 1 is 1.30 bits per heavy atom. The maximum absolute atomic E-state index is 11.9. The van der Waals surface area contributed by atoms with Crippen molar-refractivity contribution in [3.8, 4) is 0 Å². The maximum Gasteiger partial charge on any atom is 0.321 e. The Hall–Kier alpha value is -2.08. The number of hydrogen-bond donors (Lipinski definition) is 3. The summed E-state index contributed by atoms with van der Waals surface area (Å²) in [5.41, 5.74) is 0.604. The van der Waals surface area contributed by atoms with Crippen molar-refractivity contribution in [1.29, 1.82) is 0 Å². The highest BCUT2D eigenvalue weighted by molar-refractivity contribution is 6.30. The zero-order chi connectivity index (χ0) is 14.7. The van der Waals surface area contributed by atoms with Crippen LogP contribution in [0.3, 0.4) is 0 Å². The summed E-state index contributed by atoms with van der Waals surface area (Å²) in [6.07, 6.45) is -0.00406. The summed E-state index contributed by atoms with van der Waals surface area (Å²) >= 11 is 5.75. The summed E-state index contributed by atoms with van der Waals surface area (Å²) in [5, 5.41) is 7.97. The molecule has 2 rings (SSSR count). The summed E-state index contributed by atoms with van der Waals surface area (Å²) in [6.45, 7) is 1.69. The van der Waals surface area contributed by atoms with E-state index in [0.717, 1.165) is 0 Å². The van der Waals surface area contributed by atoms with Gasteiger partial charge in [0.15, 0.2) is 0 Å². The van der Waals surface area contributed by atoms with Crippen molar-refractivity contribution in [3.63, 3.8) is 0 Å². The predicted octanol–water partition coefficient (Wildman–Crippen LogP) is 1.51. The molecule has 0 spiro atoms. The van der Waals surface area contributed by atoms with E-state index in [1.807, 2.05) is 0 Å². The molecule has 6 nitrogen and oxygen atoms in total. The molecule has 0 radical (unpaired) electrons. The molecule has 1 aliphatic rings. The third-order valence-corrected chi connectivity index (χ3v) is 3.32. The minimum Gasteiger partial charge on any atom is -0.335 e. The van der Waals surface area contributed by atoms with Gasteiger partial charge in [0.1, 0.15) is 0 Å². The highest BCUT2D eigenvalue weighted by Crippen LogP contribution is 2.16. The minimum absolute atomic E-state index is 0.00406. The predicted molar refractivity (Wildman–Crippen MR) is 74.3 cm³/mol. The number of imide groups is 1. The Labute approximate surface area is 120 Å². The number of benzene rings is 1. The molecule has 1 heterocycles. The van der Waals surface area contributed by atoms with Crippen molar-refractivity contribution in [2.75, 3.05) is 5.32 Å².